The molecule has 4 heteroatoms. The van der Waals surface area contributed by atoms with Crippen LogP contribution in [0.15, 0.2) is 36.8 Å². The van der Waals surface area contributed by atoms with E-state index in [2.05, 4.69) is 38.6 Å². The van der Waals surface area contributed by atoms with Crippen LogP contribution < -0.4 is 0 Å². The van der Waals surface area contributed by atoms with Gasteiger partial charge in [-0.25, -0.2) is 4.98 Å². The van der Waals surface area contributed by atoms with Crippen molar-refractivity contribution in [3.8, 4) is 0 Å². The van der Waals surface area contributed by atoms with E-state index in [0.29, 0.717) is 0 Å². The predicted molar refractivity (Wildman–Crippen MR) is 79.2 cm³/mol. The molecule has 3 rings (SSSR count). The number of pyridine rings is 1. The summed E-state index contributed by atoms with van der Waals surface area (Å²) in [6, 6.07) is 6.21. The standard InChI is InChI=1S/C16H22N4/c1-19-11-8-18-16(19)13-20-9-5-14(6-10-20)12-15-4-2-3-7-17-15/h2-4,7-8,11,14H,5-6,9-10,12-13H2,1H3. The van der Waals surface area contributed by atoms with Crippen molar-refractivity contribution in [1.82, 2.24) is 19.4 Å². The Balaban J connectivity index is 1.49. The fraction of sp³-hybridized carbons (Fsp3) is 0.500. The Bertz CT molecular complexity index is 526. The molecule has 20 heavy (non-hydrogen) atoms. The van der Waals surface area contributed by atoms with Gasteiger partial charge in [0.25, 0.3) is 0 Å². The molecule has 3 heterocycles. The van der Waals surface area contributed by atoms with Gasteiger partial charge in [0, 0.05) is 31.3 Å². The quantitative estimate of drug-likeness (QED) is 0.854. The Hall–Kier alpha value is -1.68. The van der Waals surface area contributed by atoms with Gasteiger partial charge in [0.1, 0.15) is 5.82 Å². The lowest BCUT2D eigenvalue weighted by Crippen LogP contribution is -2.34. The Morgan fingerprint density at radius 1 is 1.15 bits per heavy atom. The fourth-order valence-electron chi connectivity index (χ4n) is 2.91. The number of aryl methyl sites for hydroxylation is 1. The molecule has 1 fully saturated rings. The summed E-state index contributed by atoms with van der Waals surface area (Å²) in [5.74, 6) is 1.94. The summed E-state index contributed by atoms with van der Waals surface area (Å²) >= 11 is 0. The van der Waals surface area contributed by atoms with Gasteiger partial charge in [0.15, 0.2) is 0 Å². The van der Waals surface area contributed by atoms with Crippen LogP contribution in [0.2, 0.25) is 0 Å². The summed E-state index contributed by atoms with van der Waals surface area (Å²) in [5.41, 5.74) is 1.23. The molecule has 1 saturated heterocycles. The Kier molecular flexibility index (Phi) is 4.11. The second kappa shape index (κ2) is 6.18. The van der Waals surface area contributed by atoms with Crippen molar-refractivity contribution >= 4 is 0 Å². The molecule has 0 atom stereocenters. The first-order valence-electron chi connectivity index (χ1n) is 7.40. The van der Waals surface area contributed by atoms with Gasteiger partial charge < -0.3 is 4.57 Å². The topological polar surface area (TPSA) is 34.0 Å². The molecule has 0 radical (unpaired) electrons. The number of nitrogens with zero attached hydrogens (tertiary/aromatic N) is 4. The summed E-state index contributed by atoms with van der Waals surface area (Å²) < 4.78 is 2.11. The van der Waals surface area contributed by atoms with Crippen molar-refractivity contribution in [3.05, 3.63) is 48.3 Å². The van der Waals surface area contributed by atoms with Gasteiger partial charge in [-0.2, -0.15) is 0 Å². The predicted octanol–water partition coefficient (Wildman–Crippen LogP) is 2.27. The molecule has 0 aliphatic carbocycles. The Morgan fingerprint density at radius 2 is 2.00 bits per heavy atom. The first kappa shape index (κ1) is 13.3. The van der Waals surface area contributed by atoms with Gasteiger partial charge in [0.2, 0.25) is 0 Å². The van der Waals surface area contributed by atoms with Crippen LogP contribution in [-0.2, 0) is 20.0 Å². The van der Waals surface area contributed by atoms with Gasteiger partial charge in [-0.1, -0.05) is 6.07 Å². The van der Waals surface area contributed by atoms with E-state index in [-0.39, 0.29) is 0 Å². The number of rotatable bonds is 4. The highest BCUT2D eigenvalue weighted by molar-refractivity contribution is 5.04. The molecular formula is C16H22N4. The van der Waals surface area contributed by atoms with E-state index in [9.17, 15) is 0 Å². The van der Waals surface area contributed by atoms with Gasteiger partial charge in [-0.15, -0.1) is 0 Å². The zero-order valence-corrected chi connectivity index (χ0v) is 12.1. The molecule has 0 saturated carbocycles. The lowest BCUT2D eigenvalue weighted by Gasteiger charge is -2.31. The summed E-state index contributed by atoms with van der Waals surface area (Å²) in [5, 5.41) is 0. The molecule has 2 aromatic heterocycles. The van der Waals surface area contributed by atoms with Crippen molar-refractivity contribution < 1.29 is 0 Å². The molecule has 1 aliphatic rings. The number of hydrogen-bond acceptors (Lipinski definition) is 3. The number of imidazole rings is 1. The summed E-state index contributed by atoms with van der Waals surface area (Å²) in [6.07, 6.45) is 9.44. The van der Waals surface area contributed by atoms with Crippen LogP contribution in [0.1, 0.15) is 24.4 Å². The Morgan fingerprint density at radius 3 is 2.65 bits per heavy atom. The van der Waals surface area contributed by atoms with Crippen LogP contribution in [0.3, 0.4) is 0 Å². The first-order chi connectivity index (χ1) is 9.81. The molecule has 2 aromatic rings. The zero-order chi connectivity index (χ0) is 13.8. The summed E-state index contributed by atoms with van der Waals surface area (Å²) in [4.78, 5) is 11.4. The SMILES string of the molecule is Cn1ccnc1CN1CCC(Cc2ccccn2)CC1. The average Bonchev–Trinajstić information content (AvgIpc) is 2.88. The van der Waals surface area contributed by atoms with Crippen LogP contribution in [0.25, 0.3) is 0 Å². The van der Waals surface area contributed by atoms with Crippen LogP contribution in [0, 0.1) is 5.92 Å². The van der Waals surface area contributed by atoms with Crippen molar-refractivity contribution in [2.24, 2.45) is 13.0 Å². The monoisotopic (exact) mass is 270 g/mol. The third kappa shape index (κ3) is 3.25. The van der Waals surface area contributed by atoms with Gasteiger partial charge in [0.05, 0.1) is 6.54 Å². The lowest BCUT2D eigenvalue weighted by atomic mass is 9.92. The zero-order valence-electron chi connectivity index (χ0n) is 12.1. The highest BCUT2D eigenvalue weighted by Crippen LogP contribution is 2.21. The molecule has 0 bridgehead atoms. The Labute approximate surface area is 120 Å². The largest absolute Gasteiger partial charge is 0.337 e. The number of likely N-dealkylation sites (tertiary alicyclic amines) is 1. The van der Waals surface area contributed by atoms with E-state index in [4.69, 9.17) is 0 Å². The summed E-state index contributed by atoms with van der Waals surface area (Å²) in [7, 11) is 2.07. The smallest absolute Gasteiger partial charge is 0.122 e. The fourth-order valence-corrected chi connectivity index (χ4v) is 2.91. The molecule has 1 aliphatic heterocycles. The maximum Gasteiger partial charge on any atom is 0.122 e. The maximum atomic E-state index is 4.44. The molecular weight excluding hydrogens is 248 g/mol. The van der Waals surface area contributed by atoms with E-state index in [1.54, 1.807) is 0 Å². The first-order valence-corrected chi connectivity index (χ1v) is 7.40. The number of aromatic nitrogens is 3. The highest BCUT2D eigenvalue weighted by atomic mass is 15.2. The van der Waals surface area contributed by atoms with E-state index in [1.165, 1.54) is 31.6 Å². The number of piperidine rings is 1. The number of hydrogen-bond donors (Lipinski definition) is 0. The molecule has 0 amide bonds. The molecule has 0 N–H and O–H groups in total. The molecule has 106 valence electrons. The highest BCUT2D eigenvalue weighted by Gasteiger charge is 2.20. The lowest BCUT2D eigenvalue weighted by molar-refractivity contribution is 0.171. The molecule has 0 aromatic carbocycles. The average molecular weight is 270 g/mol. The second-order valence-corrected chi connectivity index (χ2v) is 5.70. The second-order valence-electron chi connectivity index (χ2n) is 5.70. The van der Waals surface area contributed by atoms with Crippen molar-refractivity contribution in [1.29, 1.82) is 0 Å². The molecule has 0 spiro atoms. The van der Waals surface area contributed by atoms with Crippen LogP contribution in [0.5, 0.6) is 0 Å². The van der Waals surface area contributed by atoms with Gasteiger partial charge in [-0.3, -0.25) is 9.88 Å². The van der Waals surface area contributed by atoms with E-state index in [0.717, 1.165) is 24.7 Å². The minimum absolute atomic E-state index is 0.780. The maximum absolute atomic E-state index is 4.44. The third-order valence-corrected chi connectivity index (χ3v) is 4.22. The minimum atomic E-state index is 0.780. The van der Waals surface area contributed by atoms with E-state index < -0.39 is 0 Å². The summed E-state index contributed by atoms with van der Waals surface area (Å²) in [6.45, 7) is 3.31. The minimum Gasteiger partial charge on any atom is -0.337 e. The molecule has 0 unspecified atom stereocenters. The van der Waals surface area contributed by atoms with Gasteiger partial charge in [-0.05, 0) is 50.4 Å². The normalized spacial score (nSPS) is 17.4. The van der Waals surface area contributed by atoms with Crippen molar-refractivity contribution in [2.75, 3.05) is 13.1 Å². The van der Waals surface area contributed by atoms with Crippen LogP contribution in [0.4, 0.5) is 0 Å². The van der Waals surface area contributed by atoms with Crippen molar-refractivity contribution in [2.45, 2.75) is 25.8 Å². The van der Waals surface area contributed by atoms with Crippen LogP contribution >= 0.6 is 0 Å². The molecule has 4 nitrogen and oxygen atoms in total. The van der Waals surface area contributed by atoms with Gasteiger partial charge >= 0.3 is 0 Å². The third-order valence-electron chi connectivity index (χ3n) is 4.22. The van der Waals surface area contributed by atoms with E-state index >= 15 is 0 Å². The van der Waals surface area contributed by atoms with E-state index in [1.807, 2.05) is 24.7 Å². The van der Waals surface area contributed by atoms with Crippen LogP contribution in [-0.4, -0.2) is 32.5 Å². The van der Waals surface area contributed by atoms with Crippen molar-refractivity contribution in [3.63, 3.8) is 0 Å².